The quantitative estimate of drug-likeness (QED) is 0.756. The van der Waals surface area contributed by atoms with E-state index in [4.69, 9.17) is 0 Å². The molecule has 1 aliphatic heterocycles. The minimum atomic E-state index is -3.26. The summed E-state index contributed by atoms with van der Waals surface area (Å²) < 4.78 is 28.0. The standard InChI is InChI=1S/C12H27N3O2S/c1-4-9-13-12-8-7-10-15(11-12)18(16,17)14(5-2)6-3/h12-13H,4-11H2,1-3H3. The monoisotopic (exact) mass is 277 g/mol. The lowest BCUT2D eigenvalue weighted by Crippen LogP contribution is -2.52. The second kappa shape index (κ2) is 7.43. The molecule has 18 heavy (non-hydrogen) atoms. The van der Waals surface area contributed by atoms with Gasteiger partial charge in [-0.15, -0.1) is 0 Å². The van der Waals surface area contributed by atoms with Gasteiger partial charge in [-0.3, -0.25) is 0 Å². The van der Waals surface area contributed by atoms with Gasteiger partial charge in [-0.1, -0.05) is 20.8 Å². The molecule has 1 rings (SSSR count). The van der Waals surface area contributed by atoms with Crippen LogP contribution in [0.5, 0.6) is 0 Å². The Morgan fingerprint density at radius 1 is 1.28 bits per heavy atom. The highest BCUT2D eigenvalue weighted by molar-refractivity contribution is 7.86. The van der Waals surface area contributed by atoms with E-state index in [0.717, 1.165) is 25.8 Å². The Morgan fingerprint density at radius 2 is 1.94 bits per heavy atom. The second-order valence-corrected chi connectivity index (χ2v) is 6.67. The molecule has 0 aromatic carbocycles. The molecule has 0 bridgehead atoms. The summed E-state index contributed by atoms with van der Waals surface area (Å²) in [6.45, 7) is 9.21. The molecule has 1 N–H and O–H groups in total. The van der Waals surface area contributed by atoms with Crippen molar-refractivity contribution in [3.8, 4) is 0 Å². The molecule has 0 aliphatic carbocycles. The van der Waals surface area contributed by atoms with Crippen molar-refractivity contribution in [1.82, 2.24) is 13.9 Å². The van der Waals surface area contributed by atoms with E-state index in [0.29, 0.717) is 32.2 Å². The maximum absolute atomic E-state index is 12.4. The minimum absolute atomic E-state index is 0.309. The molecule has 1 unspecified atom stereocenters. The predicted molar refractivity (Wildman–Crippen MR) is 74.7 cm³/mol. The molecule has 1 fully saturated rings. The molecule has 1 aliphatic rings. The molecule has 108 valence electrons. The van der Waals surface area contributed by atoms with Crippen molar-refractivity contribution in [1.29, 1.82) is 0 Å². The Bertz CT molecular complexity index is 328. The molecule has 5 nitrogen and oxygen atoms in total. The summed E-state index contributed by atoms with van der Waals surface area (Å²) in [5.41, 5.74) is 0. The SMILES string of the molecule is CCCNC1CCCN(S(=O)(=O)N(CC)CC)C1. The smallest absolute Gasteiger partial charge is 0.282 e. The van der Waals surface area contributed by atoms with Crippen LogP contribution < -0.4 is 5.32 Å². The molecule has 1 heterocycles. The van der Waals surface area contributed by atoms with E-state index in [2.05, 4.69) is 12.2 Å². The largest absolute Gasteiger partial charge is 0.313 e. The lowest BCUT2D eigenvalue weighted by molar-refractivity contribution is 0.264. The Kier molecular flexibility index (Phi) is 6.55. The van der Waals surface area contributed by atoms with E-state index in [1.807, 2.05) is 13.8 Å². The zero-order valence-corrected chi connectivity index (χ0v) is 12.7. The van der Waals surface area contributed by atoms with Crippen LogP contribution in [0.4, 0.5) is 0 Å². The van der Waals surface area contributed by atoms with Gasteiger partial charge in [0.1, 0.15) is 0 Å². The first kappa shape index (κ1) is 15.9. The average Bonchev–Trinajstić information content (AvgIpc) is 2.38. The summed E-state index contributed by atoms with van der Waals surface area (Å²) >= 11 is 0. The molecule has 0 amide bonds. The third kappa shape index (κ3) is 3.91. The van der Waals surface area contributed by atoms with Gasteiger partial charge in [-0.25, -0.2) is 0 Å². The maximum atomic E-state index is 12.4. The molecule has 0 saturated carbocycles. The molecule has 0 spiro atoms. The van der Waals surface area contributed by atoms with E-state index < -0.39 is 10.2 Å². The Labute approximate surface area is 112 Å². The highest BCUT2D eigenvalue weighted by atomic mass is 32.2. The number of hydrogen-bond donors (Lipinski definition) is 1. The summed E-state index contributed by atoms with van der Waals surface area (Å²) in [7, 11) is -3.26. The van der Waals surface area contributed by atoms with Crippen LogP contribution in [0.1, 0.15) is 40.0 Å². The summed E-state index contributed by atoms with van der Waals surface area (Å²) in [6, 6.07) is 0.309. The average molecular weight is 277 g/mol. The van der Waals surface area contributed by atoms with Crippen molar-refractivity contribution in [3.05, 3.63) is 0 Å². The van der Waals surface area contributed by atoms with Crippen LogP contribution >= 0.6 is 0 Å². The van der Waals surface area contributed by atoms with Gasteiger partial charge in [0.15, 0.2) is 0 Å². The molecule has 1 atom stereocenters. The van der Waals surface area contributed by atoms with Crippen LogP contribution in [0, 0.1) is 0 Å². The minimum Gasteiger partial charge on any atom is -0.313 e. The zero-order valence-electron chi connectivity index (χ0n) is 11.9. The molecule has 0 aromatic rings. The van der Waals surface area contributed by atoms with Crippen molar-refractivity contribution >= 4 is 10.2 Å². The predicted octanol–water partition coefficient (Wildman–Crippen LogP) is 1.04. The lowest BCUT2D eigenvalue weighted by atomic mass is 10.1. The summed E-state index contributed by atoms with van der Waals surface area (Å²) in [4.78, 5) is 0. The van der Waals surface area contributed by atoms with E-state index in [1.165, 1.54) is 4.31 Å². The van der Waals surface area contributed by atoms with Crippen molar-refractivity contribution in [2.24, 2.45) is 0 Å². The zero-order chi connectivity index (χ0) is 13.6. The topological polar surface area (TPSA) is 52.7 Å². The highest BCUT2D eigenvalue weighted by Gasteiger charge is 2.31. The van der Waals surface area contributed by atoms with Gasteiger partial charge in [0.05, 0.1) is 0 Å². The van der Waals surface area contributed by atoms with Crippen LogP contribution in [-0.4, -0.2) is 55.8 Å². The fourth-order valence-electron chi connectivity index (χ4n) is 2.38. The van der Waals surface area contributed by atoms with Crippen LogP contribution in [-0.2, 0) is 10.2 Å². The van der Waals surface area contributed by atoms with Gasteiger partial charge >= 0.3 is 0 Å². The van der Waals surface area contributed by atoms with Gasteiger partial charge in [0.2, 0.25) is 0 Å². The van der Waals surface area contributed by atoms with E-state index in [-0.39, 0.29) is 0 Å². The first-order chi connectivity index (χ1) is 8.56. The van der Waals surface area contributed by atoms with Crippen molar-refractivity contribution in [2.45, 2.75) is 46.1 Å². The summed E-state index contributed by atoms with van der Waals surface area (Å²) in [6.07, 6.45) is 3.10. The molecular weight excluding hydrogens is 250 g/mol. The van der Waals surface area contributed by atoms with Crippen molar-refractivity contribution < 1.29 is 8.42 Å². The van der Waals surface area contributed by atoms with Crippen molar-refractivity contribution in [3.63, 3.8) is 0 Å². The first-order valence-electron chi connectivity index (χ1n) is 7.04. The molecular formula is C12H27N3O2S. The number of hydrogen-bond acceptors (Lipinski definition) is 3. The third-order valence-corrected chi connectivity index (χ3v) is 5.58. The van der Waals surface area contributed by atoms with Crippen LogP contribution in [0.25, 0.3) is 0 Å². The molecule has 0 radical (unpaired) electrons. The Balaban J connectivity index is 2.65. The summed E-state index contributed by atoms with van der Waals surface area (Å²) in [5.74, 6) is 0. The lowest BCUT2D eigenvalue weighted by Gasteiger charge is -2.35. The fourth-order valence-corrected chi connectivity index (χ4v) is 4.09. The van der Waals surface area contributed by atoms with Crippen molar-refractivity contribution in [2.75, 3.05) is 32.7 Å². The van der Waals surface area contributed by atoms with Gasteiger partial charge < -0.3 is 5.32 Å². The number of nitrogens with one attached hydrogen (secondary N) is 1. The van der Waals surface area contributed by atoms with E-state index >= 15 is 0 Å². The number of piperidine rings is 1. The highest BCUT2D eigenvalue weighted by Crippen LogP contribution is 2.16. The van der Waals surface area contributed by atoms with Crippen LogP contribution in [0.3, 0.4) is 0 Å². The van der Waals surface area contributed by atoms with Gasteiger partial charge in [-0.2, -0.15) is 17.0 Å². The van der Waals surface area contributed by atoms with E-state index in [1.54, 1.807) is 4.31 Å². The fraction of sp³-hybridized carbons (Fsp3) is 1.00. The van der Waals surface area contributed by atoms with Crippen LogP contribution in [0.15, 0.2) is 0 Å². The number of nitrogens with zero attached hydrogens (tertiary/aromatic N) is 2. The van der Waals surface area contributed by atoms with E-state index in [9.17, 15) is 8.42 Å². The Hall–Kier alpha value is -0.170. The first-order valence-corrected chi connectivity index (χ1v) is 8.44. The normalized spacial score (nSPS) is 22.6. The third-order valence-electron chi connectivity index (χ3n) is 3.43. The second-order valence-electron chi connectivity index (χ2n) is 4.74. The summed E-state index contributed by atoms with van der Waals surface area (Å²) in [5, 5.41) is 3.42. The van der Waals surface area contributed by atoms with Gasteiger partial charge in [0, 0.05) is 32.2 Å². The molecule has 1 saturated heterocycles. The van der Waals surface area contributed by atoms with Crippen LogP contribution in [0.2, 0.25) is 0 Å². The molecule has 0 aromatic heterocycles. The maximum Gasteiger partial charge on any atom is 0.282 e. The number of rotatable bonds is 7. The van der Waals surface area contributed by atoms with Gasteiger partial charge in [-0.05, 0) is 25.8 Å². The Morgan fingerprint density at radius 3 is 2.50 bits per heavy atom. The molecule has 6 heteroatoms. The van der Waals surface area contributed by atoms with Gasteiger partial charge in [0.25, 0.3) is 10.2 Å².